The Labute approximate surface area is 63.4 Å². The van der Waals surface area contributed by atoms with Crippen LogP contribution in [0.15, 0.2) is 0 Å². The minimum absolute atomic E-state index is 0.284. The molecule has 0 spiro atoms. The van der Waals surface area contributed by atoms with Crippen molar-refractivity contribution in [3.63, 3.8) is 0 Å². The normalized spacial score (nSPS) is 38.1. The van der Waals surface area contributed by atoms with Gasteiger partial charge in [-0.15, -0.1) is 0 Å². The number of hydrogen-bond acceptors (Lipinski definition) is 1. The van der Waals surface area contributed by atoms with Gasteiger partial charge in [-0.1, -0.05) is 26.2 Å². The minimum Gasteiger partial charge on any atom is -0.390 e. The average Bonchev–Trinajstić information content (AvgIpc) is 2.41. The standard InChI is InChI=1S/C9H18O/c1-3-4-5-6-8-7-9(8,2)10/h8,10H,3-7H2,1-2H3. The van der Waals surface area contributed by atoms with Gasteiger partial charge in [0.25, 0.3) is 0 Å². The molecule has 0 radical (unpaired) electrons. The second kappa shape index (κ2) is 2.91. The first-order valence-corrected chi connectivity index (χ1v) is 4.39. The lowest BCUT2D eigenvalue weighted by molar-refractivity contribution is 0.149. The highest BCUT2D eigenvalue weighted by Crippen LogP contribution is 2.45. The highest BCUT2D eigenvalue weighted by Gasteiger charge is 2.47. The summed E-state index contributed by atoms with van der Waals surface area (Å²) in [5.74, 6) is 0.624. The summed E-state index contributed by atoms with van der Waals surface area (Å²) >= 11 is 0. The van der Waals surface area contributed by atoms with Gasteiger partial charge in [0.2, 0.25) is 0 Å². The molecule has 0 aliphatic heterocycles. The van der Waals surface area contributed by atoms with Crippen LogP contribution in [-0.2, 0) is 0 Å². The summed E-state index contributed by atoms with van der Waals surface area (Å²) in [4.78, 5) is 0. The van der Waals surface area contributed by atoms with Gasteiger partial charge in [-0.25, -0.2) is 0 Å². The molecule has 0 aromatic rings. The molecule has 1 fully saturated rings. The molecule has 1 nitrogen and oxygen atoms in total. The summed E-state index contributed by atoms with van der Waals surface area (Å²) < 4.78 is 0. The monoisotopic (exact) mass is 142 g/mol. The molecule has 1 N–H and O–H groups in total. The first-order chi connectivity index (χ1) is 4.67. The van der Waals surface area contributed by atoms with Crippen LogP contribution in [0.3, 0.4) is 0 Å². The van der Waals surface area contributed by atoms with Crippen molar-refractivity contribution in [2.24, 2.45) is 5.92 Å². The van der Waals surface area contributed by atoms with E-state index in [0.717, 1.165) is 6.42 Å². The summed E-state index contributed by atoms with van der Waals surface area (Å²) in [5.41, 5.74) is -0.284. The predicted octanol–water partition coefficient (Wildman–Crippen LogP) is 2.34. The Hall–Kier alpha value is -0.0400. The molecule has 0 saturated heterocycles. The van der Waals surface area contributed by atoms with Gasteiger partial charge >= 0.3 is 0 Å². The van der Waals surface area contributed by atoms with Crippen molar-refractivity contribution >= 4 is 0 Å². The van der Waals surface area contributed by atoms with Crippen molar-refractivity contribution in [2.45, 2.75) is 51.6 Å². The van der Waals surface area contributed by atoms with E-state index in [2.05, 4.69) is 6.92 Å². The van der Waals surface area contributed by atoms with E-state index in [9.17, 15) is 5.11 Å². The molecule has 0 bridgehead atoms. The maximum absolute atomic E-state index is 9.39. The van der Waals surface area contributed by atoms with Crippen molar-refractivity contribution in [1.82, 2.24) is 0 Å². The maximum atomic E-state index is 9.39. The van der Waals surface area contributed by atoms with Crippen LogP contribution in [0.2, 0.25) is 0 Å². The molecule has 0 amide bonds. The van der Waals surface area contributed by atoms with Crippen LogP contribution in [0.5, 0.6) is 0 Å². The van der Waals surface area contributed by atoms with Crippen molar-refractivity contribution in [3.05, 3.63) is 0 Å². The van der Waals surface area contributed by atoms with Crippen molar-refractivity contribution in [1.29, 1.82) is 0 Å². The zero-order valence-corrected chi connectivity index (χ0v) is 7.06. The van der Waals surface area contributed by atoms with E-state index < -0.39 is 0 Å². The highest BCUT2D eigenvalue weighted by molar-refractivity contribution is 4.98. The van der Waals surface area contributed by atoms with E-state index in [1.807, 2.05) is 6.92 Å². The Balaban J connectivity index is 1.97. The third kappa shape index (κ3) is 1.98. The smallest absolute Gasteiger partial charge is 0.0652 e. The van der Waals surface area contributed by atoms with E-state index in [1.54, 1.807) is 0 Å². The molecule has 1 saturated carbocycles. The van der Waals surface area contributed by atoms with Gasteiger partial charge in [0.05, 0.1) is 5.60 Å². The number of unbranched alkanes of at least 4 members (excludes halogenated alkanes) is 2. The molecule has 1 aliphatic rings. The molecule has 0 heterocycles. The Bertz CT molecular complexity index is 107. The molecule has 2 unspecified atom stereocenters. The van der Waals surface area contributed by atoms with Gasteiger partial charge in [-0.05, 0) is 25.7 Å². The van der Waals surface area contributed by atoms with Crippen molar-refractivity contribution in [3.8, 4) is 0 Å². The molecule has 1 rings (SSSR count). The molecule has 0 aromatic heterocycles. The molecular formula is C9H18O. The van der Waals surface area contributed by atoms with Crippen LogP contribution in [0.1, 0.15) is 46.0 Å². The van der Waals surface area contributed by atoms with Crippen LogP contribution in [0, 0.1) is 5.92 Å². The highest BCUT2D eigenvalue weighted by atomic mass is 16.3. The largest absolute Gasteiger partial charge is 0.390 e. The summed E-state index contributed by atoms with van der Waals surface area (Å²) in [6.07, 6.45) is 6.19. The second-order valence-electron chi connectivity index (χ2n) is 3.75. The van der Waals surface area contributed by atoms with Crippen LogP contribution in [0.4, 0.5) is 0 Å². The summed E-state index contributed by atoms with van der Waals surface area (Å²) in [7, 11) is 0. The Kier molecular flexibility index (Phi) is 2.35. The fourth-order valence-corrected chi connectivity index (χ4v) is 1.49. The molecule has 2 atom stereocenters. The zero-order chi connectivity index (χ0) is 7.61. The number of aliphatic hydroxyl groups is 1. The third-order valence-electron chi connectivity index (χ3n) is 2.54. The SMILES string of the molecule is CCCCCC1CC1(C)O. The average molecular weight is 142 g/mol. The minimum atomic E-state index is -0.284. The van der Waals surface area contributed by atoms with Gasteiger partial charge < -0.3 is 5.11 Å². The van der Waals surface area contributed by atoms with Gasteiger partial charge in [-0.2, -0.15) is 0 Å². The molecule has 1 aliphatic carbocycles. The summed E-state index contributed by atoms with van der Waals surface area (Å²) in [5, 5.41) is 9.39. The number of rotatable bonds is 4. The van der Waals surface area contributed by atoms with E-state index in [0.29, 0.717) is 5.92 Å². The fraction of sp³-hybridized carbons (Fsp3) is 1.00. The Morgan fingerprint density at radius 1 is 1.50 bits per heavy atom. The number of hydrogen-bond donors (Lipinski definition) is 1. The van der Waals surface area contributed by atoms with E-state index >= 15 is 0 Å². The molecule has 60 valence electrons. The van der Waals surface area contributed by atoms with Gasteiger partial charge in [0.15, 0.2) is 0 Å². The topological polar surface area (TPSA) is 20.2 Å². The fourth-order valence-electron chi connectivity index (χ4n) is 1.49. The Morgan fingerprint density at radius 2 is 2.10 bits per heavy atom. The first-order valence-electron chi connectivity index (χ1n) is 4.39. The van der Waals surface area contributed by atoms with Crippen LogP contribution in [0.25, 0.3) is 0 Å². The second-order valence-corrected chi connectivity index (χ2v) is 3.75. The predicted molar refractivity (Wildman–Crippen MR) is 42.9 cm³/mol. The molecule has 10 heavy (non-hydrogen) atoms. The van der Waals surface area contributed by atoms with Gasteiger partial charge in [-0.3, -0.25) is 0 Å². The van der Waals surface area contributed by atoms with E-state index in [4.69, 9.17) is 0 Å². The van der Waals surface area contributed by atoms with Crippen LogP contribution in [-0.4, -0.2) is 10.7 Å². The van der Waals surface area contributed by atoms with Gasteiger partial charge in [0.1, 0.15) is 0 Å². The lowest BCUT2D eigenvalue weighted by Crippen LogP contribution is -2.02. The zero-order valence-electron chi connectivity index (χ0n) is 7.06. The molecule has 1 heteroatoms. The third-order valence-corrected chi connectivity index (χ3v) is 2.54. The molecular weight excluding hydrogens is 124 g/mol. The molecule has 0 aromatic carbocycles. The van der Waals surface area contributed by atoms with E-state index in [-0.39, 0.29) is 5.60 Å². The lowest BCUT2D eigenvalue weighted by Gasteiger charge is -2.00. The first kappa shape index (κ1) is 8.06. The van der Waals surface area contributed by atoms with E-state index in [1.165, 1.54) is 25.7 Å². The lowest BCUT2D eigenvalue weighted by atomic mass is 10.1. The van der Waals surface area contributed by atoms with Crippen LogP contribution < -0.4 is 0 Å². The van der Waals surface area contributed by atoms with Crippen molar-refractivity contribution < 1.29 is 5.11 Å². The van der Waals surface area contributed by atoms with Crippen LogP contribution >= 0.6 is 0 Å². The summed E-state index contributed by atoms with van der Waals surface area (Å²) in [6, 6.07) is 0. The van der Waals surface area contributed by atoms with Gasteiger partial charge in [0, 0.05) is 0 Å². The maximum Gasteiger partial charge on any atom is 0.0652 e. The quantitative estimate of drug-likeness (QED) is 0.597. The summed E-state index contributed by atoms with van der Waals surface area (Å²) in [6.45, 7) is 4.16. The Morgan fingerprint density at radius 3 is 2.50 bits per heavy atom. The van der Waals surface area contributed by atoms with Crippen molar-refractivity contribution in [2.75, 3.05) is 0 Å².